The monoisotopic (exact) mass is 521 g/mol. The minimum atomic E-state index is -3.54. The van der Waals surface area contributed by atoms with E-state index in [9.17, 15) is 8.42 Å². The third kappa shape index (κ3) is 8.17. The second-order valence-electron chi connectivity index (χ2n) is 5.81. The number of nitrogens with zero attached hydrogens (tertiary/aromatic N) is 2. The molecular formula is C18H28IN5O3S. The number of methoxy groups -OCH3 is 1. The fraction of sp³-hybridized carbons (Fsp3) is 0.389. The molecule has 0 bridgehead atoms. The van der Waals surface area contributed by atoms with Crippen LogP contribution < -0.4 is 15.4 Å². The molecule has 0 unspecified atom stereocenters. The maximum atomic E-state index is 12.3. The van der Waals surface area contributed by atoms with E-state index < -0.39 is 10.0 Å². The number of halogens is 1. The molecule has 0 atom stereocenters. The molecule has 0 amide bonds. The molecule has 1 heterocycles. The van der Waals surface area contributed by atoms with Crippen LogP contribution in [0.25, 0.3) is 0 Å². The summed E-state index contributed by atoms with van der Waals surface area (Å²) in [5, 5.41) is 6.42. The summed E-state index contributed by atoms with van der Waals surface area (Å²) >= 11 is 0. The number of guanidine groups is 1. The topological polar surface area (TPSA) is 96.8 Å². The summed E-state index contributed by atoms with van der Waals surface area (Å²) in [7, 11) is -0.317. The van der Waals surface area contributed by atoms with Crippen molar-refractivity contribution < 1.29 is 13.2 Å². The molecule has 8 nitrogen and oxygen atoms in total. The summed E-state index contributed by atoms with van der Waals surface area (Å²) in [5.74, 6) is 0.661. The van der Waals surface area contributed by atoms with E-state index >= 15 is 0 Å². The van der Waals surface area contributed by atoms with Gasteiger partial charge in [0.25, 0.3) is 0 Å². The van der Waals surface area contributed by atoms with Crippen molar-refractivity contribution in [3.8, 4) is 0 Å². The molecule has 156 valence electrons. The molecule has 0 radical (unpaired) electrons. The van der Waals surface area contributed by atoms with Gasteiger partial charge in [-0.25, -0.2) is 13.1 Å². The van der Waals surface area contributed by atoms with Crippen molar-refractivity contribution in [3.63, 3.8) is 0 Å². The number of hydrogen-bond acceptors (Lipinski definition) is 4. The molecule has 0 spiro atoms. The lowest BCUT2D eigenvalue weighted by Gasteiger charge is -2.13. The zero-order valence-electron chi connectivity index (χ0n) is 16.1. The average molecular weight is 521 g/mol. The van der Waals surface area contributed by atoms with Crippen LogP contribution in [0.3, 0.4) is 0 Å². The molecule has 0 aliphatic carbocycles. The van der Waals surface area contributed by atoms with Gasteiger partial charge in [0.2, 0.25) is 10.0 Å². The number of aromatic nitrogens is 1. The molecule has 1 aromatic heterocycles. The van der Waals surface area contributed by atoms with Crippen molar-refractivity contribution in [2.45, 2.75) is 18.0 Å². The first-order valence-corrected chi connectivity index (χ1v) is 10.2. The van der Waals surface area contributed by atoms with Crippen LogP contribution in [0.2, 0.25) is 0 Å². The molecule has 2 rings (SSSR count). The van der Waals surface area contributed by atoms with Gasteiger partial charge in [-0.3, -0.25) is 4.99 Å². The highest BCUT2D eigenvalue weighted by Gasteiger charge is 2.13. The van der Waals surface area contributed by atoms with Crippen molar-refractivity contribution in [3.05, 3.63) is 54.4 Å². The van der Waals surface area contributed by atoms with Gasteiger partial charge in [-0.1, -0.05) is 12.1 Å². The summed E-state index contributed by atoms with van der Waals surface area (Å²) in [5.41, 5.74) is 0.845. The van der Waals surface area contributed by atoms with E-state index in [1.165, 1.54) is 7.11 Å². The Hall–Kier alpha value is -1.63. The molecule has 0 aliphatic heterocycles. The number of rotatable bonds is 10. The summed E-state index contributed by atoms with van der Waals surface area (Å²) in [4.78, 5) is 4.41. The van der Waals surface area contributed by atoms with Gasteiger partial charge < -0.3 is 19.9 Å². The maximum absolute atomic E-state index is 12.3. The zero-order valence-corrected chi connectivity index (χ0v) is 19.2. The van der Waals surface area contributed by atoms with Gasteiger partial charge >= 0.3 is 0 Å². The lowest BCUT2D eigenvalue weighted by atomic mass is 10.2. The standard InChI is InChI=1S/C18H27N5O3S.HI/c1-19-18(20-8-12-23-10-3-4-11-23)21-15-16-6-5-7-17(14-16)27(24,25)22-9-13-26-2;/h3-7,10-11,14,22H,8-9,12-13,15H2,1-2H3,(H2,19,20,21);1H. The Morgan fingerprint density at radius 2 is 1.89 bits per heavy atom. The number of ether oxygens (including phenoxy) is 1. The molecule has 0 aliphatic rings. The van der Waals surface area contributed by atoms with E-state index in [0.717, 1.165) is 18.7 Å². The Bertz CT molecular complexity index is 826. The smallest absolute Gasteiger partial charge is 0.240 e. The molecule has 3 N–H and O–H groups in total. The van der Waals surface area contributed by atoms with E-state index in [2.05, 4.69) is 24.9 Å². The summed E-state index contributed by atoms with van der Waals surface area (Å²) in [6.07, 6.45) is 4.01. The highest BCUT2D eigenvalue weighted by Crippen LogP contribution is 2.11. The third-order valence-corrected chi connectivity index (χ3v) is 5.28. The fourth-order valence-corrected chi connectivity index (χ4v) is 3.50. The number of aliphatic imine (C=N–C) groups is 1. The van der Waals surface area contributed by atoms with Crippen molar-refractivity contribution in [1.29, 1.82) is 0 Å². The van der Waals surface area contributed by atoms with Crippen LogP contribution in [0, 0.1) is 0 Å². The highest BCUT2D eigenvalue weighted by molar-refractivity contribution is 14.0. The van der Waals surface area contributed by atoms with Crippen LogP contribution in [-0.4, -0.2) is 52.8 Å². The van der Waals surface area contributed by atoms with Gasteiger partial charge in [0.05, 0.1) is 11.5 Å². The molecule has 0 fully saturated rings. The number of hydrogen-bond donors (Lipinski definition) is 3. The second kappa shape index (κ2) is 12.8. The van der Waals surface area contributed by atoms with Crippen LogP contribution in [-0.2, 0) is 27.8 Å². The van der Waals surface area contributed by atoms with Crippen molar-refractivity contribution in [1.82, 2.24) is 19.9 Å². The minimum Gasteiger partial charge on any atom is -0.383 e. The van der Waals surface area contributed by atoms with Gasteiger partial charge in [-0.2, -0.15) is 0 Å². The van der Waals surface area contributed by atoms with Crippen molar-refractivity contribution in [2.75, 3.05) is 33.9 Å². The molecule has 2 aromatic rings. The Morgan fingerprint density at radius 3 is 2.57 bits per heavy atom. The molecular weight excluding hydrogens is 493 g/mol. The van der Waals surface area contributed by atoms with Crippen LogP contribution in [0.1, 0.15) is 5.56 Å². The lowest BCUT2D eigenvalue weighted by molar-refractivity contribution is 0.204. The van der Waals surface area contributed by atoms with Crippen molar-refractivity contribution in [2.24, 2.45) is 4.99 Å². The van der Waals surface area contributed by atoms with E-state index in [4.69, 9.17) is 4.74 Å². The molecule has 28 heavy (non-hydrogen) atoms. The van der Waals surface area contributed by atoms with Crippen LogP contribution >= 0.6 is 24.0 Å². The molecule has 0 saturated heterocycles. The SMILES string of the molecule is CN=C(NCCn1cccc1)NCc1cccc(S(=O)(=O)NCCOC)c1.I. The van der Waals surface area contributed by atoms with Crippen molar-refractivity contribution >= 4 is 40.0 Å². The van der Waals surface area contributed by atoms with E-state index in [1.807, 2.05) is 30.6 Å². The lowest BCUT2D eigenvalue weighted by Crippen LogP contribution is -2.38. The number of benzene rings is 1. The first kappa shape index (κ1) is 24.4. The normalized spacial score (nSPS) is 11.7. The maximum Gasteiger partial charge on any atom is 0.240 e. The zero-order chi connectivity index (χ0) is 19.5. The summed E-state index contributed by atoms with van der Waals surface area (Å²) < 4.78 is 34.0. The van der Waals surface area contributed by atoms with E-state index in [0.29, 0.717) is 19.1 Å². The van der Waals surface area contributed by atoms with Gasteiger partial charge in [0.1, 0.15) is 0 Å². The molecule has 10 heteroatoms. The first-order chi connectivity index (χ1) is 13.0. The van der Waals surface area contributed by atoms with Gasteiger partial charge in [-0.15, -0.1) is 24.0 Å². The van der Waals surface area contributed by atoms with Crippen LogP contribution in [0.5, 0.6) is 0 Å². The fourth-order valence-electron chi connectivity index (χ4n) is 2.41. The average Bonchev–Trinajstić information content (AvgIpc) is 3.18. The summed E-state index contributed by atoms with van der Waals surface area (Å²) in [6, 6.07) is 10.8. The minimum absolute atomic E-state index is 0. The van der Waals surface area contributed by atoms with Gasteiger partial charge in [0.15, 0.2) is 5.96 Å². The second-order valence-corrected chi connectivity index (χ2v) is 7.58. The van der Waals surface area contributed by atoms with E-state index in [-0.39, 0.29) is 35.4 Å². The number of nitrogens with one attached hydrogen (secondary N) is 3. The van der Waals surface area contributed by atoms with E-state index in [1.54, 1.807) is 25.2 Å². The Labute approximate surface area is 183 Å². The van der Waals surface area contributed by atoms with Gasteiger partial charge in [-0.05, 0) is 29.8 Å². The summed E-state index contributed by atoms with van der Waals surface area (Å²) in [6.45, 7) is 2.58. The van der Waals surface area contributed by atoms with Gasteiger partial charge in [0, 0.05) is 52.7 Å². The van der Waals surface area contributed by atoms with Crippen LogP contribution in [0.4, 0.5) is 0 Å². The Kier molecular flexibility index (Phi) is 11.1. The highest BCUT2D eigenvalue weighted by atomic mass is 127. The Morgan fingerprint density at radius 1 is 1.14 bits per heavy atom. The number of sulfonamides is 1. The quantitative estimate of drug-likeness (QED) is 0.190. The first-order valence-electron chi connectivity index (χ1n) is 8.68. The molecule has 0 saturated carbocycles. The predicted octanol–water partition coefficient (Wildman–Crippen LogP) is 1.40. The third-order valence-electron chi connectivity index (χ3n) is 3.82. The van der Waals surface area contributed by atoms with Crippen LogP contribution in [0.15, 0.2) is 58.7 Å². The molecule has 1 aromatic carbocycles. The predicted molar refractivity (Wildman–Crippen MR) is 122 cm³/mol. The Balaban J connectivity index is 0.00000392. The largest absolute Gasteiger partial charge is 0.383 e.